The van der Waals surface area contributed by atoms with Crippen LogP contribution in [0.5, 0.6) is 0 Å². The van der Waals surface area contributed by atoms with Crippen molar-refractivity contribution in [1.29, 1.82) is 0 Å². The van der Waals surface area contributed by atoms with E-state index in [2.05, 4.69) is 29.3 Å². The third kappa shape index (κ3) is 3.82. The summed E-state index contributed by atoms with van der Waals surface area (Å²) < 4.78 is 0. The van der Waals surface area contributed by atoms with Crippen molar-refractivity contribution < 1.29 is 4.79 Å². The smallest absolute Gasteiger partial charge is 0.254 e. The highest BCUT2D eigenvalue weighted by molar-refractivity contribution is 5.96. The van der Waals surface area contributed by atoms with Gasteiger partial charge in [0.2, 0.25) is 0 Å². The highest BCUT2D eigenvalue weighted by Crippen LogP contribution is 2.29. The van der Waals surface area contributed by atoms with E-state index >= 15 is 0 Å². The van der Waals surface area contributed by atoms with Crippen LogP contribution in [0.3, 0.4) is 0 Å². The average molecular weight is 323 g/mol. The zero-order valence-corrected chi connectivity index (χ0v) is 14.2. The fraction of sp³-hybridized carbons (Fsp3) is 0.611. The predicted octanol–water partition coefficient (Wildman–Crippen LogP) is 3.45. The standard InChI is InChI=1S/C18H26N2O.ClH/c1-14-8-12-20(13-9-14)18(21)17-5-3-2-4-16(17)15-6-10-19-11-7-15;/h2-5,14-15,19H,6-13H2,1H3;1H. The zero-order valence-electron chi connectivity index (χ0n) is 13.4. The maximum Gasteiger partial charge on any atom is 0.254 e. The molecule has 0 radical (unpaired) electrons. The summed E-state index contributed by atoms with van der Waals surface area (Å²) in [5, 5.41) is 3.41. The number of piperidine rings is 2. The molecule has 2 heterocycles. The third-order valence-corrected chi connectivity index (χ3v) is 5.04. The van der Waals surface area contributed by atoms with Crippen LogP contribution in [-0.4, -0.2) is 37.0 Å². The molecule has 3 rings (SSSR count). The zero-order chi connectivity index (χ0) is 14.7. The number of nitrogens with zero attached hydrogens (tertiary/aromatic N) is 1. The third-order valence-electron chi connectivity index (χ3n) is 5.04. The first-order valence-electron chi connectivity index (χ1n) is 8.34. The molecule has 2 fully saturated rings. The van der Waals surface area contributed by atoms with Gasteiger partial charge in [-0.3, -0.25) is 4.79 Å². The molecule has 0 unspecified atom stereocenters. The molecule has 2 aliphatic heterocycles. The number of halogens is 1. The molecular formula is C18H27ClN2O. The van der Waals surface area contributed by atoms with Gasteiger partial charge in [0.1, 0.15) is 0 Å². The van der Waals surface area contributed by atoms with E-state index in [0.29, 0.717) is 5.92 Å². The second kappa shape index (κ2) is 7.98. The second-order valence-corrected chi connectivity index (χ2v) is 6.59. The number of amides is 1. The first kappa shape index (κ1) is 17.3. The van der Waals surface area contributed by atoms with E-state index in [4.69, 9.17) is 0 Å². The maximum atomic E-state index is 12.9. The number of carbonyl (C=O) groups excluding carboxylic acids is 1. The van der Waals surface area contributed by atoms with E-state index in [1.165, 1.54) is 5.56 Å². The molecule has 0 aromatic heterocycles. The Kier molecular flexibility index (Phi) is 6.27. The number of likely N-dealkylation sites (tertiary alicyclic amines) is 1. The van der Waals surface area contributed by atoms with Crippen molar-refractivity contribution >= 4 is 18.3 Å². The summed E-state index contributed by atoms with van der Waals surface area (Å²) in [4.78, 5) is 14.9. The van der Waals surface area contributed by atoms with Gasteiger partial charge in [0.15, 0.2) is 0 Å². The van der Waals surface area contributed by atoms with Gasteiger partial charge in [-0.2, -0.15) is 0 Å². The van der Waals surface area contributed by atoms with Crippen LogP contribution < -0.4 is 5.32 Å². The predicted molar refractivity (Wildman–Crippen MR) is 92.8 cm³/mol. The van der Waals surface area contributed by atoms with Crippen molar-refractivity contribution in [2.24, 2.45) is 5.92 Å². The van der Waals surface area contributed by atoms with E-state index in [1.807, 2.05) is 12.1 Å². The molecule has 0 bridgehead atoms. The Labute approximate surface area is 139 Å². The Bertz CT molecular complexity index is 492. The summed E-state index contributed by atoms with van der Waals surface area (Å²) in [6, 6.07) is 8.27. The van der Waals surface area contributed by atoms with Gasteiger partial charge in [-0.1, -0.05) is 25.1 Å². The Balaban J connectivity index is 0.00000176. The molecule has 1 N–H and O–H groups in total. The van der Waals surface area contributed by atoms with Crippen LogP contribution in [0.1, 0.15) is 54.4 Å². The minimum Gasteiger partial charge on any atom is -0.339 e. The van der Waals surface area contributed by atoms with Crippen LogP contribution in [-0.2, 0) is 0 Å². The summed E-state index contributed by atoms with van der Waals surface area (Å²) in [6.45, 7) is 6.24. The molecule has 1 amide bonds. The Hall–Kier alpha value is -1.06. The maximum absolute atomic E-state index is 12.9. The van der Waals surface area contributed by atoms with Crippen LogP contribution in [0.2, 0.25) is 0 Å². The summed E-state index contributed by atoms with van der Waals surface area (Å²) in [5.74, 6) is 1.54. The van der Waals surface area contributed by atoms with Crippen molar-refractivity contribution in [3.8, 4) is 0 Å². The molecule has 1 aromatic rings. The number of carbonyl (C=O) groups is 1. The highest BCUT2D eigenvalue weighted by Gasteiger charge is 2.26. The van der Waals surface area contributed by atoms with Crippen molar-refractivity contribution in [3.05, 3.63) is 35.4 Å². The summed E-state index contributed by atoms with van der Waals surface area (Å²) >= 11 is 0. The van der Waals surface area contributed by atoms with Crippen molar-refractivity contribution in [3.63, 3.8) is 0 Å². The van der Waals surface area contributed by atoms with E-state index in [1.54, 1.807) is 0 Å². The molecule has 2 saturated heterocycles. The fourth-order valence-electron chi connectivity index (χ4n) is 3.56. The van der Waals surface area contributed by atoms with E-state index in [0.717, 1.165) is 63.3 Å². The monoisotopic (exact) mass is 322 g/mol. The van der Waals surface area contributed by atoms with Gasteiger partial charge < -0.3 is 10.2 Å². The molecule has 1 aromatic carbocycles. The number of nitrogens with one attached hydrogen (secondary N) is 1. The molecular weight excluding hydrogens is 296 g/mol. The second-order valence-electron chi connectivity index (χ2n) is 6.59. The van der Waals surface area contributed by atoms with Crippen LogP contribution in [0.15, 0.2) is 24.3 Å². The molecule has 0 atom stereocenters. The first-order chi connectivity index (χ1) is 10.3. The molecule has 0 saturated carbocycles. The Morgan fingerprint density at radius 3 is 2.41 bits per heavy atom. The number of hydrogen-bond acceptors (Lipinski definition) is 2. The molecule has 2 aliphatic rings. The van der Waals surface area contributed by atoms with Crippen LogP contribution in [0, 0.1) is 5.92 Å². The minimum absolute atomic E-state index is 0. The molecule has 4 heteroatoms. The number of hydrogen-bond donors (Lipinski definition) is 1. The molecule has 122 valence electrons. The topological polar surface area (TPSA) is 32.3 Å². The van der Waals surface area contributed by atoms with Crippen molar-refractivity contribution in [2.75, 3.05) is 26.2 Å². The Morgan fingerprint density at radius 2 is 1.73 bits per heavy atom. The van der Waals surface area contributed by atoms with Gasteiger partial charge in [0.25, 0.3) is 5.91 Å². The van der Waals surface area contributed by atoms with Gasteiger partial charge >= 0.3 is 0 Å². The van der Waals surface area contributed by atoms with E-state index in [-0.39, 0.29) is 18.3 Å². The lowest BCUT2D eigenvalue weighted by atomic mass is 9.86. The van der Waals surface area contributed by atoms with Gasteiger partial charge in [-0.25, -0.2) is 0 Å². The number of rotatable bonds is 2. The van der Waals surface area contributed by atoms with Gasteiger partial charge in [-0.15, -0.1) is 12.4 Å². The lowest BCUT2D eigenvalue weighted by molar-refractivity contribution is 0.0695. The SMILES string of the molecule is CC1CCN(C(=O)c2ccccc2C2CCNCC2)CC1.Cl. The van der Waals surface area contributed by atoms with E-state index < -0.39 is 0 Å². The van der Waals surface area contributed by atoms with Crippen LogP contribution in [0.25, 0.3) is 0 Å². The molecule has 0 spiro atoms. The van der Waals surface area contributed by atoms with Gasteiger partial charge in [0, 0.05) is 18.7 Å². The summed E-state index contributed by atoms with van der Waals surface area (Å²) in [5.41, 5.74) is 2.21. The summed E-state index contributed by atoms with van der Waals surface area (Å²) in [7, 11) is 0. The van der Waals surface area contributed by atoms with Gasteiger partial charge in [0.05, 0.1) is 0 Å². The fourth-order valence-corrected chi connectivity index (χ4v) is 3.56. The van der Waals surface area contributed by atoms with Crippen molar-refractivity contribution in [2.45, 2.75) is 38.5 Å². The first-order valence-corrected chi connectivity index (χ1v) is 8.34. The molecule has 3 nitrogen and oxygen atoms in total. The molecule has 0 aliphatic carbocycles. The van der Waals surface area contributed by atoms with Gasteiger partial charge in [-0.05, 0) is 62.2 Å². The summed E-state index contributed by atoms with van der Waals surface area (Å²) in [6.07, 6.45) is 4.56. The largest absolute Gasteiger partial charge is 0.339 e. The highest BCUT2D eigenvalue weighted by atomic mass is 35.5. The number of benzene rings is 1. The lowest BCUT2D eigenvalue weighted by Gasteiger charge is -2.32. The molecule has 22 heavy (non-hydrogen) atoms. The average Bonchev–Trinajstić information content (AvgIpc) is 2.56. The quantitative estimate of drug-likeness (QED) is 0.904. The van der Waals surface area contributed by atoms with E-state index in [9.17, 15) is 4.79 Å². The van der Waals surface area contributed by atoms with Crippen LogP contribution >= 0.6 is 12.4 Å². The normalized spacial score (nSPS) is 20.5. The lowest BCUT2D eigenvalue weighted by Crippen LogP contribution is -2.38. The van der Waals surface area contributed by atoms with Crippen LogP contribution in [0.4, 0.5) is 0 Å². The van der Waals surface area contributed by atoms with Crippen molar-refractivity contribution in [1.82, 2.24) is 10.2 Å². The minimum atomic E-state index is 0. The Morgan fingerprint density at radius 1 is 1.09 bits per heavy atom.